The first-order chi connectivity index (χ1) is 6.90. The molecule has 0 aromatic carbocycles. The first-order valence-corrected chi connectivity index (χ1v) is 4.90. The van der Waals surface area contributed by atoms with Crippen LogP contribution in [0.3, 0.4) is 0 Å². The number of pyridine rings is 1. The largest absolute Gasteiger partial charge is 0.390 e. The molecule has 76 valence electrons. The molecule has 4 nitrogen and oxygen atoms in total. The fraction of sp³-hybridized carbons (Fsp3) is 0.500. The average Bonchev–Trinajstić information content (AvgIpc) is 2.30. The highest BCUT2D eigenvalue weighted by Crippen LogP contribution is 2.12. The molecule has 2 heterocycles. The van der Waals surface area contributed by atoms with Crippen molar-refractivity contribution < 1.29 is 5.11 Å². The van der Waals surface area contributed by atoms with Crippen molar-refractivity contribution in [3.8, 4) is 0 Å². The summed E-state index contributed by atoms with van der Waals surface area (Å²) in [7, 11) is 0. The summed E-state index contributed by atoms with van der Waals surface area (Å²) in [5.41, 5.74) is 1.90. The molecule has 1 aromatic heterocycles. The Morgan fingerprint density at radius 1 is 1.43 bits per heavy atom. The average molecular weight is 193 g/mol. The van der Waals surface area contributed by atoms with Crippen molar-refractivity contribution in [2.24, 2.45) is 0 Å². The molecule has 1 aliphatic heterocycles. The first kappa shape index (κ1) is 9.58. The number of hydrogen-bond donors (Lipinski definition) is 3. The minimum Gasteiger partial charge on any atom is -0.390 e. The van der Waals surface area contributed by atoms with Gasteiger partial charge in [-0.25, -0.2) is 0 Å². The molecule has 4 heteroatoms. The van der Waals surface area contributed by atoms with Crippen molar-refractivity contribution in [2.75, 3.05) is 19.6 Å². The van der Waals surface area contributed by atoms with Gasteiger partial charge in [0.2, 0.25) is 0 Å². The van der Waals surface area contributed by atoms with E-state index >= 15 is 0 Å². The van der Waals surface area contributed by atoms with Gasteiger partial charge in [-0.2, -0.15) is 0 Å². The lowest BCUT2D eigenvalue weighted by Gasteiger charge is -2.24. The van der Waals surface area contributed by atoms with Gasteiger partial charge < -0.3 is 15.7 Å². The highest BCUT2D eigenvalue weighted by Gasteiger charge is 2.13. The van der Waals surface area contributed by atoms with E-state index in [1.165, 1.54) is 5.56 Å². The summed E-state index contributed by atoms with van der Waals surface area (Å²) in [6.07, 6.45) is 1.83. The number of aliphatic hydroxyl groups is 1. The lowest BCUT2D eigenvalue weighted by molar-refractivity contribution is 0.276. The van der Waals surface area contributed by atoms with Crippen molar-refractivity contribution in [3.63, 3.8) is 0 Å². The summed E-state index contributed by atoms with van der Waals surface area (Å²) in [5.74, 6) is 0. The molecule has 0 spiro atoms. The molecule has 0 amide bonds. The number of aromatic nitrogens is 1. The molecular formula is C10H15N3O. The van der Waals surface area contributed by atoms with Gasteiger partial charge in [0.1, 0.15) is 0 Å². The SMILES string of the molecule is OCc1ccc([C@@H]2CNCCN2)cn1. The van der Waals surface area contributed by atoms with Crippen LogP contribution in [0.2, 0.25) is 0 Å². The van der Waals surface area contributed by atoms with Crippen LogP contribution in [0.4, 0.5) is 0 Å². The molecule has 1 aliphatic rings. The number of aliphatic hydroxyl groups excluding tert-OH is 1. The second kappa shape index (κ2) is 4.50. The topological polar surface area (TPSA) is 57.2 Å². The van der Waals surface area contributed by atoms with E-state index in [0.717, 1.165) is 25.3 Å². The molecule has 0 aliphatic carbocycles. The van der Waals surface area contributed by atoms with E-state index in [1.807, 2.05) is 18.3 Å². The summed E-state index contributed by atoms with van der Waals surface area (Å²) >= 11 is 0. The van der Waals surface area contributed by atoms with Crippen LogP contribution in [0.5, 0.6) is 0 Å². The number of rotatable bonds is 2. The lowest BCUT2D eigenvalue weighted by atomic mass is 10.1. The third-order valence-electron chi connectivity index (χ3n) is 2.45. The molecule has 3 N–H and O–H groups in total. The molecule has 0 bridgehead atoms. The third kappa shape index (κ3) is 2.09. The molecule has 0 radical (unpaired) electrons. The van der Waals surface area contributed by atoms with Crippen LogP contribution in [0, 0.1) is 0 Å². The molecule has 1 atom stereocenters. The highest BCUT2D eigenvalue weighted by molar-refractivity contribution is 5.18. The van der Waals surface area contributed by atoms with Crippen molar-refractivity contribution in [1.29, 1.82) is 0 Å². The summed E-state index contributed by atoms with van der Waals surface area (Å²) in [4.78, 5) is 4.15. The van der Waals surface area contributed by atoms with Crippen molar-refractivity contribution >= 4 is 0 Å². The van der Waals surface area contributed by atoms with E-state index in [1.54, 1.807) is 0 Å². The van der Waals surface area contributed by atoms with E-state index in [0.29, 0.717) is 6.04 Å². The number of piperazine rings is 1. The van der Waals surface area contributed by atoms with Gasteiger partial charge in [0.15, 0.2) is 0 Å². The second-order valence-electron chi connectivity index (χ2n) is 3.45. The Morgan fingerprint density at radius 2 is 2.36 bits per heavy atom. The van der Waals surface area contributed by atoms with Crippen LogP contribution in [0.15, 0.2) is 18.3 Å². The Kier molecular flexibility index (Phi) is 3.08. The number of hydrogen-bond acceptors (Lipinski definition) is 4. The molecule has 0 saturated carbocycles. The van der Waals surface area contributed by atoms with Crippen LogP contribution in [0.1, 0.15) is 17.3 Å². The Bertz CT molecular complexity index is 280. The van der Waals surface area contributed by atoms with Gasteiger partial charge in [-0.3, -0.25) is 4.98 Å². The van der Waals surface area contributed by atoms with Gasteiger partial charge in [-0.05, 0) is 11.6 Å². The van der Waals surface area contributed by atoms with Crippen molar-refractivity contribution in [1.82, 2.24) is 15.6 Å². The zero-order chi connectivity index (χ0) is 9.80. The normalized spacial score (nSPS) is 22.2. The minimum absolute atomic E-state index is 0.0105. The summed E-state index contributed by atoms with van der Waals surface area (Å²) in [6.45, 7) is 2.97. The predicted octanol–water partition coefficient (Wildman–Crippen LogP) is -0.192. The van der Waals surface area contributed by atoms with Crippen LogP contribution in [-0.2, 0) is 6.61 Å². The molecule has 0 unspecified atom stereocenters. The fourth-order valence-electron chi connectivity index (χ4n) is 1.62. The molecule has 1 fully saturated rings. The van der Waals surface area contributed by atoms with Crippen LogP contribution >= 0.6 is 0 Å². The van der Waals surface area contributed by atoms with Crippen molar-refractivity contribution in [2.45, 2.75) is 12.6 Å². The zero-order valence-corrected chi connectivity index (χ0v) is 8.03. The quantitative estimate of drug-likeness (QED) is 0.609. The second-order valence-corrected chi connectivity index (χ2v) is 3.45. The van der Waals surface area contributed by atoms with Gasteiger partial charge in [0, 0.05) is 31.9 Å². The van der Waals surface area contributed by atoms with E-state index in [4.69, 9.17) is 5.11 Å². The van der Waals surface area contributed by atoms with E-state index in [2.05, 4.69) is 15.6 Å². The molecule has 14 heavy (non-hydrogen) atoms. The highest BCUT2D eigenvalue weighted by atomic mass is 16.3. The van der Waals surface area contributed by atoms with Gasteiger partial charge in [-0.15, -0.1) is 0 Å². The third-order valence-corrected chi connectivity index (χ3v) is 2.45. The fourth-order valence-corrected chi connectivity index (χ4v) is 1.62. The van der Waals surface area contributed by atoms with Gasteiger partial charge in [0.25, 0.3) is 0 Å². The molecular weight excluding hydrogens is 178 g/mol. The Hall–Kier alpha value is -0.970. The Labute approximate surface area is 83.4 Å². The van der Waals surface area contributed by atoms with Crippen molar-refractivity contribution in [3.05, 3.63) is 29.6 Å². The standard InChI is InChI=1S/C10H15N3O/c14-7-9-2-1-8(5-13-9)10-6-11-3-4-12-10/h1-2,5,10-12,14H,3-4,6-7H2/t10-/m0/s1. The molecule has 2 rings (SSSR count). The zero-order valence-electron chi connectivity index (χ0n) is 8.03. The first-order valence-electron chi connectivity index (χ1n) is 4.90. The maximum atomic E-state index is 8.85. The van der Waals surface area contributed by atoms with E-state index in [9.17, 15) is 0 Å². The maximum Gasteiger partial charge on any atom is 0.0852 e. The predicted molar refractivity (Wildman–Crippen MR) is 53.8 cm³/mol. The lowest BCUT2D eigenvalue weighted by Crippen LogP contribution is -2.42. The van der Waals surface area contributed by atoms with Gasteiger partial charge in [-0.1, -0.05) is 6.07 Å². The van der Waals surface area contributed by atoms with E-state index < -0.39 is 0 Å². The number of nitrogens with zero attached hydrogens (tertiary/aromatic N) is 1. The van der Waals surface area contributed by atoms with Crippen LogP contribution in [0.25, 0.3) is 0 Å². The maximum absolute atomic E-state index is 8.85. The number of nitrogens with one attached hydrogen (secondary N) is 2. The van der Waals surface area contributed by atoms with Crippen LogP contribution < -0.4 is 10.6 Å². The Morgan fingerprint density at radius 3 is 2.93 bits per heavy atom. The molecule has 1 saturated heterocycles. The van der Waals surface area contributed by atoms with Gasteiger partial charge >= 0.3 is 0 Å². The van der Waals surface area contributed by atoms with Gasteiger partial charge in [0.05, 0.1) is 12.3 Å². The summed E-state index contributed by atoms with van der Waals surface area (Å²) in [5, 5.41) is 15.6. The Balaban J connectivity index is 2.07. The smallest absolute Gasteiger partial charge is 0.0852 e. The van der Waals surface area contributed by atoms with E-state index in [-0.39, 0.29) is 6.61 Å². The van der Waals surface area contributed by atoms with Crippen LogP contribution in [-0.4, -0.2) is 29.7 Å². The monoisotopic (exact) mass is 193 g/mol. The summed E-state index contributed by atoms with van der Waals surface area (Å²) < 4.78 is 0. The molecule has 1 aromatic rings. The minimum atomic E-state index is 0.0105. The summed E-state index contributed by atoms with van der Waals surface area (Å²) in [6, 6.07) is 4.23.